The van der Waals surface area contributed by atoms with Gasteiger partial charge in [-0.1, -0.05) is 24.3 Å². The molecule has 0 aliphatic heterocycles. The van der Waals surface area contributed by atoms with E-state index < -0.39 is 0 Å². The van der Waals surface area contributed by atoms with E-state index in [1.165, 1.54) is 17.2 Å². The van der Waals surface area contributed by atoms with Gasteiger partial charge in [-0.15, -0.1) is 0 Å². The predicted molar refractivity (Wildman–Crippen MR) is 113 cm³/mol. The van der Waals surface area contributed by atoms with E-state index >= 15 is 0 Å². The van der Waals surface area contributed by atoms with E-state index in [0.717, 1.165) is 24.2 Å². The number of benzene rings is 1. The van der Waals surface area contributed by atoms with Gasteiger partial charge in [0.05, 0.1) is 5.69 Å². The van der Waals surface area contributed by atoms with Crippen LogP contribution in [0.15, 0.2) is 76.5 Å². The van der Waals surface area contributed by atoms with E-state index in [0.29, 0.717) is 11.5 Å². The molecule has 6 heteroatoms. The first-order valence-electron chi connectivity index (χ1n) is 8.98. The number of hydrogen-bond donors (Lipinski definition) is 1. The minimum atomic E-state index is -0.170. The highest BCUT2D eigenvalue weighted by atomic mass is 32.1. The molecule has 0 aliphatic rings. The third kappa shape index (κ3) is 4.42. The van der Waals surface area contributed by atoms with Crippen LogP contribution in [0.5, 0.6) is 0 Å². The van der Waals surface area contributed by atoms with Crippen molar-refractivity contribution in [3.05, 3.63) is 93.2 Å². The molecule has 1 N–H and O–H groups in total. The van der Waals surface area contributed by atoms with E-state index in [-0.39, 0.29) is 5.56 Å². The van der Waals surface area contributed by atoms with E-state index in [1.807, 2.05) is 24.3 Å². The molecule has 0 saturated carbocycles. The van der Waals surface area contributed by atoms with Gasteiger partial charge in [0.2, 0.25) is 0 Å². The molecule has 0 atom stereocenters. The summed E-state index contributed by atoms with van der Waals surface area (Å²) in [6.07, 6.45) is 3.39. The van der Waals surface area contributed by atoms with Crippen LogP contribution in [0.4, 0.5) is 0 Å². The van der Waals surface area contributed by atoms with Gasteiger partial charge in [0.25, 0.3) is 5.56 Å². The zero-order valence-electron chi connectivity index (χ0n) is 15.5. The molecule has 1 aromatic carbocycles. The third-order valence-corrected chi connectivity index (χ3v) is 5.16. The number of aromatic nitrogens is 3. The van der Waals surface area contributed by atoms with Crippen LogP contribution < -0.4 is 5.56 Å². The van der Waals surface area contributed by atoms with Crippen molar-refractivity contribution in [1.82, 2.24) is 19.9 Å². The van der Waals surface area contributed by atoms with Crippen molar-refractivity contribution < 1.29 is 0 Å². The van der Waals surface area contributed by atoms with Crippen LogP contribution in [-0.4, -0.2) is 26.9 Å². The predicted octanol–water partition coefficient (Wildman–Crippen LogP) is 4.19. The number of pyridine rings is 1. The second-order valence-electron chi connectivity index (χ2n) is 6.72. The first-order chi connectivity index (χ1) is 13.7. The average Bonchev–Trinajstić information content (AvgIpc) is 3.21. The van der Waals surface area contributed by atoms with Crippen LogP contribution in [0.3, 0.4) is 0 Å². The van der Waals surface area contributed by atoms with Crippen molar-refractivity contribution in [3.8, 4) is 22.6 Å². The van der Waals surface area contributed by atoms with Crippen LogP contribution in [-0.2, 0) is 13.1 Å². The van der Waals surface area contributed by atoms with E-state index in [9.17, 15) is 4.79 Å². The lowest BCUT2D eigenvalue weighted by Crippen LogP contribution is -2.16. The summed E-state index contributed by atoms with van der Waals surface area (Å²) in [4.78, 5) is 25.9. The minimum Gasteiger partial charge on any atom is -0.306 e. The maximum atomic E-state index is 12.1. The summed E-state index contributed by atoms with van der Waals surface area (Å²) in [7, 11) is 2.11. The summed E-state index contributed by atoms with van der Waals surface area (Å²) < 4.78 is 0. The van der Waals surface area contributed by atoms with Gasteiger partial charge in [-0.2, -0.15) is 11.3 Å². The summed E-state index contributed by atoms with van der Waals surface area (Å²) in [5.41, 5.74) is 4.77. The Morgan fingerprint density at radius 2 is 1.71 bits per heavy atom. The molecule has 0 aliphatic carbocycles. The van der Waals surface area contributed by atoms with Crippen molar-refractivity contribution in [2.24, 2.45) is 0 Å². The third-order valence-electron chi connectivity index (χ3n) is 4.43. The van der Waals surface area contributed by atoms with Gasteiger partial charge in [0.15, 0.2) is 0 Å². The average molecular weight is 388 g/mol. The molecule has 4 rings (SSSR count). The number of hydrogen-bond acceptors (Lipinski definition) is 5. The molecule has 140 valence electrons. The minimum absolute atomic E-state index is 0.170. The highest BCUT2D eigenvalue weighted by Gasteiger charge is 2.07. The smallest absolute Gasteiger partial charge is 0.251 e. The number of rotatable bonds is 6. The fourth-order valence-electron chi connectivity index (χ4n) is 3.09. The molecule has 0 amide bonds. The fraction of sp³-hybridized carbons (Fsp3) is 0.136. The van der Waals surface area contributed by atoms with Gasteiger partial charge in [-0.3, -0.25) is 14.7 Å². The van der Waals surface area contributed by atoms with Crippen LogP contribution in [0.1, 0.15) is 11.1 Å². The van der Waals surface area contributed by atoms with Crippen LogP contribution in [0.2, 0.25) is 0 Å². The van der Waals surface area contributed by atoms with Crippen LogP contribution in [0.25, 0.3) is 22.6 Å². The number of aromatic amines is 1. The van der Waals surface area contributed by atoms with Crippen LogP contribution in [0, 0.1) is 0 Å². The zero-order chi connectivity index (χ0) is 19.3. The van der Waals surface area contributed by atoms with Crippen molar-refractivity contribution in [1.29, 1.82) is 0 Å². The Bertz CT molecular complexity index is 1090. The highest BCUT2D eigenvalue weighted by Crippen LogP contribution is 2.20. The monoisotopic (exact) mass is 388 g/mol. The standard InChI is InChI=1S/C22H20N4OS/c1-26(14-17-8-11-28-15-17)13-16-2-4-19(5-3-16)22-24-20(12-21(27)25-22)18-6-9-23-10-7-18/h2-12,15H,13-14H2,1H3,(H,24,25,27). The second kappa shape index (κ2) is 8.29. The highest BCUT2D eigenvalue weighted by molar-refractivity contribution is 7.07. The molecule has 3 aromatic heterocycles. The van der Waals surface area contributed by atoms with E-state index in [4.69, 9.17) is 0 Å². The Hall–Kier alpha value is -3.09. The van der Waals surface area contributed by atoms with Gasteiger partial charge in [0, 0.05) is 42.7 Å². The lowest BCUT2D eigenvalue weighted by Gasteiger charge is -2.16. The topological polar surface area (TPSA) is 61.9 Å². The lowest BCUT2D eigenvalue weighted by atomic mass is 10.1. The van der Waals surface area contributed by atoms with Crippen molar-refractivity contribution in [2.45, 2.75) is 13.1 Å². The molecular formula is C22H20N4OS. The maximum Gasteiger partial charge on any atom is 0.251 e. The van der Waals surface area contributed by atoms with Gasteiger partial charge >= 0.3 is 0 Å². The Morgan fingerprint density at radius 1 is 0.964 bits per heavy atom. The summed E-state index contributed by atoms with van der Waals surface area (Å²) in [6, 6.07) is 15.5. The molecule has 5 nitrogen and oxygen atoms in total. The largest absolute Gasteiger partial charge is 0.306 e. The first kappa shape index (κ1) is 18.3. The molecule has 0 saturated heterocycles. The van der Waals surface area contributed by atoms with Crippen molar-refractivity contribution in [3.63, 3.8) is 0 Å². The van der Waals surface area contributed by atoms with Crippen molar-refractivity contribution in [2.75, 3.05) is 7.05 Å². The maximum absolute atomic E-state index is 12.1. The van der Waals surface area contributed by atoms with Crippen LogP contribution >= 0.6 is 11.3 Å². The Kier molecular flexibility index (Phi) is 5.41. The molecule has 0 radical (unpaired) electrons. The summed E-state index contributed by atoms with van der Waals surface area (Å²) in [5.74, 6) is 0.567. The SMILES string of the molecule is CN(Cc1ccc(-c2nc(-c3ccncc3)cc(=O)[nH]2)cc1)Cc1ccsc1. The first-order valence-corrected chi connectivity index (χ1v) is 9.92. The molecule has 0 fully saturated rings. The van der Waals surface area contributed by atoms with E-state index in [2.05, 4.69) is 55.9 Å². The zero-order valence-corrected chi connectivity index (χ0v) is 16.3. The number of nitrogens with zero attached hydrogens (tertiary/aromatic N) is 3. The molecule has 0 spiro atoms. The van der Waals surface area contributed by atoms with Crippen molar-refractivity contribution >= 4 is 11.3 Å². The molecular weight excluding hydrogens is 368 g/mol. The fourth-order valence-corrected chi connectivity index (χ4v) is 3.75. The lowest BCUT2D eigenvalue weighted by molar-refractivity contribution is 0.319. The number of nitrogens with one attached hydrogen (secondary N) is 1. The summed E-state index contributed by atoms with van der Waals surface area (Å²) in [6.45, 7) is 1.78. The van der Waals surface area contributed by atoms with E-state index in [1.54, 1.807) is 23.7 Å². The molecule has 4 aromatic rings. The van der Waals surface area contributed by atoms with Gasteiger partial charge < -0.3 is 4.98 Å². The second-order valence-corrected chi connectivity index (χ2v) is 7.50. The normalized spacial score (nSPS) is 11.1. The summed E-state index contributed by atoms with van der Waals surface area (Å²) in [5, 5.41) is 4.28. The molecule has 28 heavy (non-hydrogen) atoms. The van der Waals surface area contributed by atoms with Gasteiger partial charge in [0.1, 0.15) is 5.82 Å². The Labute approximate surface area is 167 Å². The summed E-state index contributed by atoms with van der Waals surface area (Å²) >= 11 is 1.72. The molecule has 0 unspecified atom stereocenters. The Balaban J connectivity index is 1.52. The Morgan fingerprint density at radius 3 is 2.43 bits per heavy atom. The van der Waals surface area contributed by atoms with Gasteiger partial charge in [-0.05, 0) is 47.1 Å². The quantitative estimate of drug-likeness (QED) is 0.538. The molecule has 0 bridgehead atoms. The molecule has 3 heterocycles. The van der Waals surface area contributed by atoms with Gasteiger partial charge in [-0.25, -0.2) is 4.98 Å². The number of H-pyrrole nitrogens is 1. The number of thiophene rings is 1.